The molecule has 8 bridgehead atoms. The van der Waals surface area contributed by atoms with Gasteiger partial charge in [-0.3, -0.25) is 0 Å². The lowest BCUT2D eigenvalue weighted by molar-refractivity contribution is -0.595. The van der Waals surface area contributed by atoms with Crippen LogP contribution in [-0.4, -0.2) is 19.9 Å². The molecule has 0 spiro atoms. The van der Waals surface area contributed by atoms with Crippen LogP contribution < -0.4 is 18.3 Å². The number of pyridine rings is 4. The van der Waals surface area contributed by atoms with Crippen LogP contribution >= 0.6 is 0 Å². The molecule has 0 unspecified atom stereocenters. The highest BCUT2D eigenvalue weighted by Gasteiger charge is 2.26. The van der Waals surface area contributed by atoms with E-state index in [2.05, 4.69) is 203 Å². The molecule has 8 heteroatoms. The number of aryl methyl sites for hydroxylation is 4. The maximum absolute atomic E-state index is 5.36. The average molecular weight is 679 g/mol. The lowest BCUT2D eigenvalue weighted by Gasteiger charge is -2.01. The van der Waals surface area contributed by atoms with E-state index in [0.29, 0.717) is 0 Å². The average Bonchev–Trinajstić information content (AvgIpc) is 3.99. The number of rotatable bonds is 4. The zero-order valence-corrected chi connectivity index (χ0v) is 29.5. The summed E-state index contributed by atoms with van der Waals surface area (Å²) in [4.78, 5) is 18.3. The number of aromatic nitrogens is 8. The number of nitrogens with zero attached hydrogens (tertiary/aromatic N) is 6. The number of H-pyrrole nitrogens is 2. The van der Waals surface area contributed by atoms with Crippen molar-refractivity contribution >= 4 is 46.4 Å². The zero-order valence-electron chi connectivity index (χ0n) is 29.5. The van der Waals surface area contributed by atoms with Gasteiger partial charge in [0.15, 0.2) is 49.6 Å². The SMILES string of the molecule is Cc1cc[n+](-c2c3nc(c(-[n+]4ccc(C)cc4)c4ccc([nH]4)c(-[n+]4ccc(C)cc4)c4nc(c(-[n+]5ccc(C)cc5)c5ccc2[nH]5)C=C4)C=C3)cc1. The van der Waals surface area contributed by atoms with Gasteiger partial charge in [-0.05, 0) is 98.5 Å². The summed E-state index contributed by atoms with van der Waals surface area (Å²) in [5.74, 6) is 0. The molecular formula is C44H38N8+4. The fourth-order valence-electron chi connectivity index (χ4n) is 6.83. The van der Waals surface area contributed by atoms with Crippen LogP contribution in [0, 0.1) is 27.7 Å². The van der Waals surface area contributed by atoms with Crippen LogP contribution in [0.15, 0.2) is 122 Å². The van der Waals surface area contributed by atoms with Crippen LogP contribution in [0.2, 0.25) is 0 Å². The molecule has 2 aliphatic rings. The lowest BCUT2D eigenvalue weighted by atomic mass is 10.2. The summed E-state index contributed by atoms with van der Waals surface area (Å²) in [6, 6.07) is 25.5. The molecule has 8 nitrogen and oxygen atoms in total. The van der Waals surface area contributed by atoms with Gasteiger partial charge in [-0.2, -0.15) is 18.3 Å². The van der Waals surface area contributed by atoms with Crippen LogP contribution in [-0.2, 0) is 0 Å². The molecule has 52 heavy (non-hydrogen) atoms. The summed E-state index contributed by atoms with van der Waals surface area (Å²) < 4.78 is 8.56. The molecule has 0 radical (unpaired) electrons. The fraction of sp³-hybridized carbons (Fsp3) is 0.0909. The van der Waals surface area contributed by atoms with Crippen molar-refractivity contribution in [3.63, 3.8) is 0 Å². The van der Waals surface area contributed by atoms with E-state index >= 15 is 0 Å². The summed E-state index contributed by atoms with van der Waals surface area (Å²) in [5, 5.41) is 0. The van der Waals surface area contributed by atoms with Crippen molar-refractivity contribution in [1.82, 2.24) is 19.9 Å². The number of hydrogen-bond donors (Lipinski definition) is 2. The second-order valence-electron chi connectivity index (χ2n) is 13.5. The quantitative estimate of drug-likeness (QED) is 0.197. The van der Waals surface area contributed by atoms with E-state index in [9.17, 15) is 0 Å². The minimum atomic E-state index is 0.849. The Hall–Kier alpha value is -6.80. The van der Waals surface area contributed by atoms with Crippen LogP contribution in [0.1, 0.15) is 45.0 Å². The molecule has 0 atom stereocenters. The second kappa shape index (κ2) is 12.5. The highest BCUT2D eigenvalue weighted by molar-refractivity contribution is 5.87. The monoisotopic (exact) mass is 678 g/mol. The smallest absolute Gasteiger partial charge is 0.260 e. The molecule has 0 saturated carbocycles. The molecule has 9 heterocycles. The molecule has 0 aliphatic carbocycles. The largest absolute Gasteiger partial charge is 0.345 e. The molecule has 7 aromatic heterocycles. The predicted octanol–water partition coefficient (Wildman–Crippen LogP) is 7.00. The van der Waals surface area contributed by atoms with Crippen molar-refractivity contribution in [3.05, 3.63) is 167 Å². The normalized spacial score (nSPS) is 12.1. The number of aromatic amines is 2. The van der Waals surface area contributed by atoms with Gasteiger partial charge in [0, 0.05) is 48.5 Å². The van der Waals surface area contributed by atoms with E-state index < -0.39 is 0 Å². The Labute approximate surface area is 301 Å². The highest BCUT2D eigenvalue weighted by atomic mass is 15.0. The third-order valence-electron chi connectivity index (χ3n) is 9.66. The van der Waals surface area contributed by atoms with Gasteiger partial charge >= 0.3 is 0 Å². The topological polar surface area (TPSA) is 72.9 Å². The van der Waals surface area contributed by atoms with Crippen molar-refractivity contribution in [1.29, 1.82) is 0 Å². The molecule has 2 N–H and O–H groups in total. The Morgan fingerprint density at radius 1 is 0.327 bits per heavy atom. The minimum absolute atomic E-state index is 0.849. The van der Waals surface area contributed by atoms with E-state index in [4.69, 9.17) is 9.97 Å². The van der Waals surface area contributed by atoms with E-state index in [-0.39, 0.29) is 0 Å². The summed E-state index contributed by atoms with van der Waals surface area (Å²) in [6.45, 7) is 8.41. The summed E-state index contributed by atoms with van der Waals surface area (Å²) >= 11 is 0. The van der Waals surface area contributed by atoms with Crippen molar-refractivity contribution in [2.75, 3.05) is 0 Å². The molecule has 250 valence electrons. The molecule has 0 aromatic carbocycles. The molecule has 7 aromatic rings. The predicted molar refractivity (Wildman–Crippen MR) is 204 cm³/mol. The Morgan fingerprint density at radius 3 is 0.750 bits per heavy atom. The Kier molecular flexibility index (Phi) is 7.51. The summed E-state index contributed by atoms with van der Waals surface area (Å²) in [5.41, 5.74) is 15.7. The maximum atomic E-state index is 5.36. The molecule has 9 rings (SSSR count). The van der Waals surface area contributed by atoms with Gasteiger partial charge in [-0.25, -0.2) is 9.97 Å². The van der Waals surface area contributed by atoms with Gasteiger partial charge in [0.1, 0.15) is 44.8 Å². The first kappa shape index (κ1) is 31.2. The van der Waals surface area contributed by atoms with Gasteiger partial charge < -0.3 is 9.97 Å². The van der Waals surface area contributed by atoms with Crippen LogP contribution in [0.4, 0.5) is 0 Å². The second-order valence-corrected chi connectivity index (χ2v) is 13.5. The van der Waals surface area contributed by atoms with Crippen molar-refractivity contribution < 1.29 is 18.3 Å². The summed E-state index contributed by atoms with van der Waals surface area (Å²) in [7, 11) is 0. The third-order valence-corrected chi connectivity index (χ3v) is 9.66. The molecular weight excluding hydrogens is 641 g/mol. The van der Waals surface area contributed by atoms with E-state index in [1.54, 1.807) is 0 Å². The Bertz CT molecular complexity index is 2360. The van der Waals surface area contributed by atoms with Crippen molar-refractivity contribution in [3.8, 4) is 22.7 Å². The van der Waals surface area contributed by atoms with Crippen LogP contribution in [0.3, 0.4) is 0 Å². The first-order chi connectivity index (χ1) is 25.4. The van der Waals surface area contributed by atoms with E-state index in [0.717, 1.165) is 67.6 Å². The van der Waals surface area contributed by atoms with Crippen molar-refractivity contribution in [2.45, 2.75) is 27.7 Å². The van der Waals surface area contributed by atoms with Gasteiger partial charge in [0.25, 0.3) is 22.7 Å². The Morgan fingerprint density at radius 2 is 0.538 bits per heavy atom. The van der Waals surface area contributed by atoms with E-state index in [1.807, 2.05) is 0 Å². The number of nitrogens with one attached hydrogen (secondary N) is 2. The fourth-order valence-corrected chi connectivity index (χ4v) is 6.83. The van der Waals surface area contributed by atoms with Crippen LogP contribution in [0.25, 0.3) is 69.1 Å². The number of hydrogen-bond acceptors (Lipinski definition) is 2. The minimum Gasteiger partial charge on any atom is -0.345 e. The van der Waals surface area contributed by atoms with Gasteiger partial charge in [-0.15, -0.1) is 0 Å². The lowest BCUT2D eigenvalue weighted by Crippen LogP contribution is -2.32. The van der Waals surface area contributed by atoms with Gasteiger partial charge in [0.2, 0.25) is 0 Å². The van der Waals surface area contributed by atoms with E-state index in [1.165, 1.54) is 22.3 Å². The molecule has 2 aliphatic heterocycles. The van der Waals surface area contributed by atoms with Crippen molar-refractivity contribution in [2.24, 2.45) is 0 Å². The molecule has 0 fully saturated rings. The zero-order chi connectivity index (χ0) is 35.3. The maximum Gasteiger partial charge on any atom is 0.260 e. The van der Waals surface area contributed by atoms with Gasteiger partial charge in [0.05, 0.1) is 0 Å². The summed E-state index contributed by atoms with van der Waals surface area (Å²) in [6.07, 6.45) is 25.2. The third kappa shape index (κ3) is 5.60. The molecule has 0 saturated heterocycles. The highest BCUT2D eigenvalue weighted by Crippen LogP contribution is 2.27. The van der Waals surface area contributed by atoms with Crippen LogP contribution in [0.5, 0.6) is 0 Å². The first-order valence-electron chi connectivity index (χ1n) is 17.5. The van der Waals surface area contributed by atoms with Gasteiger partial charge in [-0.1, -0.05) is 0 Å². The molecule has 0 amide bonds. The Balaban J connectivity index is 1.47. The number of fused-ring (bicyclic) bond motifs is 8. The first-order valence-corrected chi connectivity index (χ1v) is 17.5. The standard InChI is InChI=1S/C44H38N8/c1-29-13-21-49(22-14-29)41-33-5-7-35(45-33)42(50-23-15-30(2)16-24-50)37-9-11-39(47-37)44(52-27-19-32(4)20-28-52)40-12-10-38(48-40)43(36-8-6-34(41)46-36)51-25-17-31(3)18-26-51/h5-28,45,48H,1-4H3/q+4.